The predicted octanol–water partition coefficient (Wildman–Crippen LogP) is 2.18. The molecule has 0 aromatic heterocycles. The fourth-order valence-electron chi connectivity index (χ4n) is 2.27. The van der Waals surface area contributed by atoms with E-state index in [0.717, 1.165) is 25.7 Å². The van der Waals surface area contributed by atoms with Gasteiger partial charge in [-0.05, 0) is 18.4 Å². The Labute approximate surface area is 109 Å². The molecule has 1 aromatic carbocycles. The van der Waals surface area contributed by atoms with Crippen LogP contribution in [0.25, 0.3) is 0 Å². The number of rotatable bonds is 6. The van der Waals surface area contributed by atoms with Crippen LogP contribution in [0.1, 0.15) is 44.1 Å². The second kappa shape index (κ2) is 6.01. The number of carbonyl (C=O) groups is 1. The van der Waals surface area contributed by atoms with Crippen LogP contribution in [0.15, 0.2) is 30.3 Å². The summed E-state index contributed by atoms with van der Waals surface area (Å²) < 4.78 is 0. The molecule has 1 aliphatic rings. The maximum atomic E-state index is 11.8. The molecule has 0 heterocycles. The van der Waals surface area contributed by atoms with E-state index in [1.54, 1.807) is 0 Å². The van der Waals surface area contributed by atoms with Gasteiger partial charge in [0.1, 0.15) is 0 Å². The molecule has 0 bridgehead atoms. The van der Waals surface area contributed by atoms with E-state index in [0.29, 0.717) is 5.92 Å². The van der Waals surface area contributed by atoms with Gasteiger partial charge < -0.3 is 11.1 Å². The molecule has 1 amide bonds. The molecule has 18 heavy (non-hydrogen) atoms. The van der Waals surface area contributed by atoms with Crippen molar-refractivity contribution in [3.63, 3.8) is 0 Å². The van der Waals surface area contributed by atoms with Gasteiger partial charge in [-0.2, -0.15) is 0 Å². The number of nitrogens with one attached hydrogen (secondary N) is 1. The fraction of sp³-hybridized carbons (Fsp3) is 0.533. The normalized spacial score (nSPS) is 23.4. The van der Waals surface area contributed by atoms with E-state index < -0.39 is 0 Å². The molecular weight excluding hydrogens is 224 g/mol. The van der Waals surface area contributed by atoms with Crippen LogP contribution in [0, 0.1) is 0 Å². The summed E-state index contributed by atoms with van der Waals surface area (Å²) in [6.07, 6.45) is 3.92. The Morgan fingerprint density at radius 2 is 2.17 bits per heavy atom. The van der Waals surface area contributed by atoms with Gasteiger partial charge in [-0.15, -0.1) is 0 Å². The van der Waals surface area contributed by atoms with Crippen LogP contribution in [0.5, 0.6) is 0 Å². The van der Waals surface area contributed by atoms with E-state index in [1.165, 1.54) is 5.56 Å². The first-order valence-electron chi connectivity index (χ1n) is 6.83. The highest BCUT2D eigenvalue weighted by Crippen LogP contribution is 2.40. The first kappa shape index (κ1) is 13.1. The van der Waals surface area contributed by atoms with E-state index in [2.05, 4.69) is 24.4 Å². The van der Waals surface area contributed by atoms with Crippen molar-refractivity contribution >= 4 is 5.91 Å². The van der Waals surface area contributed by atoms with Crippen LogP contribution in [0.4, 0.5) is 0 Å². The first-order valence-corrected chi connectivity index (χ1v) is 6.83. The Bertz CT molecular complexity index is 391. The van der Waals surface area contributed by atoms with E-state index in [1.807, 2.05) is 18.2 Å². The van der Waals surface area contributed by atoms with Crippen LogP contribution < -0.4 is 11.1 Å². The van der Waals surface area contributed by atoms with E-state index in [9.17, 15) is 4.79 Å². The third-order valence-corrected chi connectivity index (χ3v) is 3.55. The Kier molecular flexibility index (Phi) is 4.37. The van der Waals surface area contributed by atoms with Crippen molar-refractivity contribution in [1.29, 1.82) is 0 Å². The summed E-state index contributed by atoms with van der Waals surface area (Å²) in [5, 5.41) is 3.05. The molecule has 98 valence electrons. The van der Waals surface area contributed by atoms with Crippen molar-refractivity contribution in [3.8, 4) is 0 Å². The fourth-order valence-corrected chi connectivity index (χ4v) is 2.27. The third kappa shape index (κ3) is 3.33. The minimum atomic E-state index is -0.345. The molecule has 1 aliphatic carbocycles. The average molecular weight is 246 g/mol. The summed E-state index contributed by atoms with van der Waals surface area (Å²) in [6.45, 7) is 2.11. The van der Waals surface area contributed by atoms with Crippen LogP contribution >= 0.6 is 0 Å². The topological polar surface area (TPSA) is 55.1 Å². The number of benzene rings is 1. The minimum Gasteiger partial charge on any atom is -0.351 e. The quantitative estimate of drug-likeness (QED) is 0.808. The summed E-state index contributed by atoms with van der Waals surface area (Å²) >= 11 is 0. The number of hydrogen-bond acceptors (Lipinski definition) is 2. The number of carbonyl (C=O) groups excluding carboxylic acids is 1. The average Bonchev–Trinajstić information content (AvgIpc) is 3.16. The van der Waals surface area contributed by atoms with Gasteiger partial charge in [-0.1, -0.05) is 50.1 Å². The largest absolute Gasteiger partial charge is 0.351 e. The third-order valence-electron chi connectivity index (χ3n) is 3.55. The molecule has 3 heteroatoms. The number of unbranched alkanes of at least 4 members (excludes halogenated alkanes) is 1. The van der Waals surface area contributed by atoms with Crippen molar-refractivity contribution in [2.45, 2.75) is 50.6 Å². The molecule has 3 atom stereocenters. The van der Waals surface area contributed by atoms with Crippen molar-refractivity contribution in [2.24, 2.45) is 5.73 Å². The monoisotopic (exact) mass is 246 g/mol. The van der Waals surface area contributed by atoms with Crippen LogP contribution in [0.3, 0.4) is 0 Å². The standard InChI is InChI=1S/C15H22N2O/c1-2-3-9-13(16)15(18)17-14-10-12(14)11-7-5-4-6-8-11/h4-8,12-14H,2-3,9-10,16H2,1H3,(H,17,18)/t12?,13-,14?/m0/s1. The van der Waals surface area contributed by atoms with E-state index in [-0.39, 0.29) is 18.0 Å². The molecule has 1 saturated carbocycles. The first-order chi connectivity index (χ1) is 8.72. The van der Waals surface area contributed by atoms with Gasteiger partial charge in [0.2, 0.25) is 5.91 Å². The molecule has 0 aliphatic heterocycles. The van der Waals surface area contributed by atoms with Crippen molar-refractivity contribution in [1.82, 2.24) is 5.32 Å². The maximum absolute atomic E-state index is 11.8. The molecule has 2 unspecified atom stereocenters. The van der Waals surface area contributed by atoms with Crippen molar-refractivity contribution in [3.05, 3.63) is 35.9 Å². The van der Waals surface area contributed by atoms with Crippen LogP contribution in [0.2, 0.25) is 0 Å². The van der Waals surface area contributed by atoms with Gasteiger partial charge in [0, 0.05) is 12.0 Å². The highest BCUT2D eigenvalue weighted by molar-refractivity contribution is 5.82. The zero-order chi connectivity index (χ0) is 13.0. The highest BCUT2D eigenvalue weighted by atomic mass is 16.2. The second-order valence-corrected chi connectivity index (χ2v) is 5.12. The van der Waals surface area contributed by atoms with Gasteiger partial charge in [-0.3, -0.25) is 4.79 Å². The second-order valence-electron chi connectivity index (χ2n) is 5.12. The smallest absolute Gasteiger partial charge is 0.237 e. The number of nitrogens with two attached hydrogens (primary N) is 1. The summed E-state index contributed by atoms with van der Waals surface area (Å²) in [6, 6.07) is 10.3. The lowest BCUT2D eigenvalue weighted by Crippen LogP contribution is -2.41. The Hall–Kier alpha value is -1.35. The van der Waals surface area contributed by atoms with Gasteiger partial charge in [0.15, 0.2) is 0 Å². The molecule has 0 saturated heterocycles. The minimum absolute atomic E-state index is 0.00637. The molecule has 1 aromatic rings. The molecule has 0 radical (unpaired) electrons. The molecule has 3 N–H and O–H groups in total. The number of hydrogen-bond donors (Lipinski definition) is 2. The predicted molar refractivity (Wildman–Crippen MR) is 73.2 cm³/mol. The molecule has 1 fully saturated rings. The molecule has 0 spiro atoms. The van der Waals surface area contributed by atoms with Gasteiger partial charge in [0.05, 0.1) is 6.04 Å². The summed E-state index contributed by atoms with van der Waals surface area (Å²) in [4.78, 5) is 11.8. The van der Waals surface area contributed by atoms with Crippen molar-refractivity contribution < 1.29 is 4.79 Å². The van der Waals surface area contributed by atoms with E-state index in [4.69, 9.17) is 5.73 Å². The van der Waals surface area contributed by atoms with Gasteiger partial charge in [0.25, 0.3) is 0 Å². The number of amides is 1. The molecule has 2 rings (SSSR count). The van der Waals surface area contributed by atoms with Crippen LogP contribution in [-0.4, -0.2) is 18.0 Å². The Morgan fingerprint density at radius 1 is 1.44 bits per heavy atom. The lowest BCUT2D eigenvalue weighted by molar-refractivity contribution is -0.122. The summed E-state index contributed by atoms with van der Waals surface area (Å²) in [7, 11) is 0. The Balaban J connectivity index is 1.77. The zero-order valence-corrected chi connectivity index (χ0v) is 10.9. The van der Waals surface area contributed by atoms with Crippen molar-refractivity contribution in [2.75, 3.05) is 0 Å². The molecular formula is C15H22N2O. The summed E-state index contributed by atoms with van der Waals surface area (Å²) in [5.74, 6) is 0.486. The zero-order valence-electron chi connectivity index (χ0n) is 10.9. The van der Waals surface area contributed by atoms with E-state index >= 15 is 0 Å². The highest BCUT2D eigenvalue weighted by Gasteiger charge is 2.39. The Morgan fingerprint density at radius 3 is 2.83 bits per heavy atom. The van der Waals surface area contributed by atoms with Crippen LogP contribution in [-0.2, 0) is 4.79 Å². The lowest BCUT2D eigenvalue weighted by atomic mass is 10.1. The SMILES string of the molecule is CCCC[C@H](N)C(=O)NC1CC1c1ccccc1. The lowest BCUT2D eigenvalue weighted by Gasteiger charge is -2.11. The molecule has 3 nitrogen and oxygen atoms in total. The van der Waals surface area contributed by atoms with Gasteiger partial charge >= 0.3 is 0 Å². The maximum Gasteiger partial charge on any atom is 0.237 e. The summed E-state index contributed by atoms with van der Waals surface area (Å²) in [5.41, 5.74) is 7.16. The van der Waals surface area contributed by atoms with Gasteiger partial charge in [-0.25, -0.2) is 0 Å².